The van der Waals surface area contributed by atoms with Gasteiger partial charge in [-0.1, -0.05) is 35.9 Å². The van der Waals surface area contributed by atoms with Crippen molar-refractivity contribution in [1.82, 2.24) is 5.32 Å². The summed E-state index contributed by atoms with van der Waals surface area (Å²) in [6, 6.07) is 12.5. The lowest BCUT2D eigenvalue weighted by Crippen LogP contribution is -2.32. The van der Waals surface area contributed by atoms with Crippen LogP contribution in [0.2, 0.25) is 0 Å². The molecule has 0 bridgehead atoms. The fourth-order valence-electron chi connectivity index (χ4n) is 2.60. The molecule has 2 N–H and O–H groups in total. The van der Waals surface area contributed by atoms with Crippen molar-refractivity contribution in [3.8, 4) is 0 Å². The molecule has 0 saturated heterocycles. The van der Waals surface area contributed by atoms with Gasteiger partial charge in [0.1, 0.15) is 0 Å². The molecule has 1 unspecified atom stereocenters. The summed E-state index contributed by atoms with van der Waals surface area (Å²) in [6.07, 6.45) is 0. The average molecular weight is 310 g/mol. The van der Waals surface area contributed by atoms with Crippen LogP contribution < -0.4 is 10.6 Å². The number of carbonyl (C=O) groups is 1. The van der Waals surface area contributed by atoms with Gasteiger partial charge in [-0.15, -0.1) is 0 Å². The van der Waals surface area contributed by atoms with Crippen LogP contribution in [-0.2, 0) is 4.79 Å². The Kier molecular flexibility index (Phi) is 5.43. The first-order chi connectivity index (χ1) is 10.9. The summed E-state index contributed by atoms with van der Waals surface area (Å²) in [5.74, 6) is -0.00398. The minimum Gasteiger partial charge on any atom is -0.376 e. The summed E-state index contributed by atoms with van der Waals surface area (Å²) in [4.78, 5) is 12.2. The van der Waals surface area contributed by atoms with Gasteiger partial charge in [-0.3, -0.25) is 4.79 Å². The molecule has 3 nitrogen and oxygen atoms in total. The summed E-state index contributed by atoms with van der Waals surface area (Å²) in [6.45, 7) is 10.6. The van der Waals surface area contributed by atoms with Crippen molar-refractivity contribution < 1.29 is 4.79 Å². The molecule has 0 heterocycles. The van der Waals surface area contributed by atoms with Crippen LogP contribution in [0.1, 0.15) is 40.8 Å². The summed E-state index contributed by atoms with van der Waals surface area (Å²) in [5.41, 5.74) is 7.03. The Balaban J connectivity index is 1.92. The van der Waals surface area contributed by atoms with Crippen molar-refractivity contribution in [2.75, 3.05) is 11.9 Å². The zero-order valence-electron chi connectivity index (χ0n) is 14.7. The number of hydrogen-bond donors (Lipinski definition) is 2. The zero-order valence-corrected chi connectivity index (χ0v) is 14.7. The number of carbonyl (C=O) groups excluding carboxylic acids is 1. The Labute approximate surface area is 139 Å². The quantitative estimate of drug-likeness (QED) is 0.868. The van der Waals surface area contributed by atoms with Gasteiger partial charge in [0.2, 0.25) is 5.91 Å². The maximum atomic E-state index is 12.2. The van der Waals surface area contributed by atoms with E-state index < -0.39 is 0 Å². The van der Waals surface area contributed by atoms with E-state index in [0.717, 1.165) is 16.8 Å². The second kappa shape index (κ2) is 7.32. The molecule has 23 heavy (non-hydrogen) atoms. The van der Waals surface area contributed by atoms with Crippen LogP contribution in [0.25, 0.3) is 0 Å². The molecule has 2 rings (SSSR count). The first-order valence-corrected chi connectivity index (χ1v) is 8.04. The summed E-state index contributed by atoms with van der Waals surface area (Å²) in [7, 11) is 0. The molecule has 0 aromatic heterocycles. The predicted octanol–water partition coefficient (Wildman–Crippen LogP) is 4.21. The Morgan fingerprint density at radius 2 is 1.70 bits per heavy atom. The van der Waals surface area contributed by atoms with E-state index in [4.69, 9.17) is 0 Å². The predicted molar refractivity (Wildman–Crippen MR) is 96.9 cm³/mol. The maximum Gasteiger partial charge on any atom is 0.239 e. The van der Waals surface area contributed by atoms with E-state index in [1.165, 1.54) is 16.7 Å². The second-order valence-corrected chi connectivity index (χ2v) is 6.30. The van der Waals surface area contributed by atoms with Crippen molar-refractivity contribution >= 4 is 11.6 Å². The van der Waals surface area contributed by atoms with E-state index in [9.17, 15) is 4.79 Å². The van der Waals surface area contributed by atoms with Gasteiger partial charge in [0.05, 0.1) is 12.6 Å². The average Bonchev–Trinajstić information content (AvgIpc) is 2.49. The Hall–Kier alpha value is -2.29. The Morgan fingerprint density at radius 1 is 0.957 bits per heavy atom. The molecule has 0 spiro atoms. The molecule has 1 amide bonds. The third-order valence-corrected chi connectivity index (χ3v) is 4.23. The van der Waals surface area contributed by atoms with Crippen LogP contribution in [0, 0.1) is 27.7 Å². The number of aryl methyl sites for hydroxylation is 4. The normalized spacial score (nSPS) is 11.9. The molecular formula is C20H26N2O. The van der Waals surface area contributed by atoms with E-state index in [2.05, 4.69) is 55.7 Å². The molecule has 0 fully saturated rings. The van der Waals surface area contributed by atoms with Crippen LogP contribution >= 0.6 is 0 Å². The highest BCUT2D eigenvalue weighted by Crippen LogP contribution is 2.17. The number of amides is 1. The highest BCUT2D eigenvalue weighted by Gasteiger charge is 2.10. The third kappa shape index (κ3) is 4.59. The van der Waals surface area contributed by atoms with E-state index in [1.54, 1.807) is 0 Å². The van der Waals surface area contributed by atoms with Gasteiger partial charge in [0, 0.05) is 5.69 Å². The van der Waals surface area contributed by atoms with Crippen LogP contribution in [0.15, 0.2) is 36.4 Å². The van der Waals surface area contributed by atoms with Gasteiger partial charge in [0.15, 0.2) is 0 Å². The van der Waals surface area contributed by atoms with Gasteiger partial charge < -0.3 is 10.6 Å². The fourth-order valence-corrected chi connectivity index (χ4v) is 2.60. The third-order valence-electron chi connectivity index (χ3n) is 4.23. The van der Waals surface area contributed by atoms with Gasteiger partial charge in [-0.05, 0) is 62.9 Å². The number of hydrogen-bond acceptors (Lipinski definition) is 2. The molecule has 3 heteroatoms. The lowest BCUT2D eigenvalue weighted by Gasteiger charge is -2.17. The topological polar surface area (TPSA) is 41.1 Å². The minimum absolute atomic E-state index is 0.00251. The molecule has 1 atom stereocenters. The monoisotopic (exact) mass is 310 g/mol. The Bertz CT molecular complexity index is 707. The second-order valence-electron chi connectivity index (χ2n) is 6.30. The lowest BCUT2D eigenvalue weighted by molar-refractivity contribution is -0.120. The molecule has 0 radical (unpaired) electrons. The van der Waals surface area contributed by atoms with E-state index in [-0.39, 0.29) is 18.5 Å². The van der Waals surface area contributed by atoms with E-state index in [1.807, 2.05) is 26.0 Å². The van der Waals surface area contributed by atoms with Crippen LogP contribution in [0.3, 0.4) is 0 Å². The van der Waals surface area contributed by atoms with Crippen molar-refractivity contribution in [3.63, 3.8) is 0 Å². The highest BCUT2D eigenvalue weighted by atomic mass is 16.1. The smallest absolute Gasteiger partial charge is 0.239 e. The van der Waals surface area contributed by atoms with Crippen LogP contribution in [-0.4, -0.2) is 12.5 Å². The first kappa shape index (κ1) is 17.1. The summed E-state index contributed by atoms with van der Waals surface area (Å²) >= 11 is 0. The van der Waals surface area contributed by atoms with Crippen molar-refractivity contribution in [2.24, 2.45) is 0 Å². The van der Waals surface area contributed by atoms with Crippen molar-refractivity contribution in [1.29, 1.82) is 0 Å². The molecule has 0 aliphatic carbocycles. The van der Waals surface area contributed by atoms with Gasteiger partial charge in [-0.2, -0.15) is 0 Å². The van der Waals surface area contributed by atoms with Gasteiger partial charge in [-0.25, -0.2) is 0 Å². The minimum atomic E-state index is -0.00398. The van der Waals surface area contributed by atoms with Crippen LogP contribution in [0.4, 0.5) is 5.69 Å². The maximum absolute atomic E-state index is 12.2. The molecule has 0 aliphatic rings. The van der Waals surface area contributed by atoms with Crippen molar-refractivity contribution in [3.05, 3.63) is 64.2 Å². The summed E-state index contributed by atoms with van der Waals surface area (Å²) < 4.78 is 0. The molecule has 0 saturated carbocycles. The SMILES string of the molecule is Cc1ccc(NCC(=O)NC(C)c2ccc(C)c(C)c2)c(C)c1. The molecule has 122 valence electrons. The van der Waals surface area contributed by atoms with E-state index in [0.29, 0.717) is 0 Å². The van der Waals surface area contributed by atoms with Gasteiger partial charge >= 0.3 is 0 Å². The summed E-state index contributed by atoms with van der Waals surface area (Å²) in [5, 5.41) is 6.25. The van der Waals surface area contributed by atoms with Gasteiger partial charge in [0.25, 0.3) is 0 Å². The van der Waals surface area contributed by atoms with E-state index >= 15 is 0 Å². The number of benzene rings is 2. The Morgan fingerprint density at radius 3 is 2.35 bits per heavy atom. The zero-order chi connectivity index (χ0) is 17.0. The number of nitrogens with one attached hydrogen (secondary N) is 2. The molecule has 0 aliphatic heterocycles. The number of anilines is 1. The fraction of sp³-hybridized carbons (Fsp3) is 0.350. The highest BCUT2D eigenvalue weighted by molar-refractivity contribution is 5.81. The molecular weight excluding hydrogens is 284 g/mol. The molecule has 2 aromatic rings. The van der Waals surface area contributed by atoms with Crippen LogP contribution in [0.5, 0.6) is 0 Å². The van der Waals surface area contributed by atoms with Crippen molar-refractivity contribution in [2.45, 2.75) is 40.7 Å². The standard InChI is InChI=1S/C20H26N2O/c1-13-6-9-19(16(4)10-13)21-12-20(23)22-17(5)18-8-7-14(2)15(3)11-18/h6-11,17,21H,12H2,1-5H3,(H,22,23). The lowest BCUT2D eigenvalue weighted by atomic mass is 10.0. The largest absolute Gasteiger partial charge is 0.376 e. The first-order valence-electron chi connectivity index (χ1n) is 8.04. The number of rotatable bonds is 5. The molecule has 2 aromatic carbocycles.